The van der Waals surface area contributed by atoms with Crippen molar-refractivity contribution >= 4 is 11.5 Å². The Morgan fingerprint density at radius 1 is 1.10 bits per heavy atom. The molecule has 102 valence electrons. The topological polar surface area (TPSA) is 46.5 Å². The van der Waals surface area contributed by atoms with Crippen LogP contribution in [-0.4, -0.2) is 18.2 Å². The highest BCUT2D eigenvalue weighted by atomic mass is 16.5. The van der Waals surface area contributed by atoms with E-state index < -0.39 is 5.97 Å². The van der Waals surface area contributed by atoms with Crippen molar-refractivity contribution in [3.63, 3.8) is 0 Å². The van der Waals surface area contributed by atoms with E-state index in [0.29, 0.717) is 0 Å². The van der Waals surface area contributed by atoms with E-state index in [2.05, 4.69) is 0 Å². The van der Waals surface area contributed by atoms with Crippen molar-refractivity contribution in [2.45, 2.75) is 6.92 Å². The minimum atomic E-state index is -0.931. The molecule has 0 atom stereocenters. The number of aliphatic carboxylic acids is 1. The van der Waals surface area contributed by atoms with Crippen molar-refractivity contribution in [3.05, 3.63) is 60.2 Å². The Labute approximate surface area is 118 Å². The minimum Gasteiger partial charge on any atom is -0.497 e. The van der Waals surface area contributed by atoms with Gasteiger partial charge in [0, 0.05) is 6.08 Å². The molecule has 1 N–H and O–H groups in total. The van der Waals surface area contributed by atoms with Gasteiger partial charge in [0.1, 0.15) is 5.75 Å². The fourth-order valence-electron chi connectivity index (χ4n) is 2.00. The highest BCUT2D eigenvalue weighted by Crippen LogP contribution is 2.25. The zero-order chi connectivity index (χ0) is 14.5. The van der Waals surface area contributed by atoms with Crippen molar-refractivity contribution in [2.24, 2.45) is 0 Å². The number of carboxylic acids is 1. The van der Waals surface area contributed by atoms with Crippen molar-refractivity contribution in [2.75, 3.05) is 7.11 Å². The predicted molar refractivity (Wildman–Crippen MR) is 79.7 cm³/mol. The van der Waals surface area contributed by atoms with Crippen LogP contribution in [0.5, 0.6) is 5.75 Å². The van der Waals surface area contributed by atoms with Gasteiger partial charge in [-0.25, -0.2) is 4.79 Å². The average Bonchev–Trinajstić information content (AvgIpc) is 2.47. The maximum Gasteiger partial charge on any atom is 0.328 e. The van der Waals surface area contributed by atoms with Crippen LogP contribution >= 0.6 is 0 Å². The summed E-state index contributed by atoms with van der Waals surface area (Å²) in [7, 11) is 1.64. The lowest BCUT2D eigenvalue weighted by Crippen LogP contribution is -1.90. The molecule has 0 radical (unpaired) electrons. The Kier molecular flexibility index (Phi) is 4.20. The number of rotatable bonds is 4. The number of hydrogen-bond donors (Lipinski definition) is 1. The van der Waals surface area contributed by atoms with E-state index in [1.165, 1.54) is 6.08 Å². The lowest BCUT2D eigenvalue weighted by Gasteiger charge is -2.06. The van der Waals surface area contributed by atoms with Gasteiger partial charge in [0.25, 0.3) is 0 Å². The van der Waals surface area contributed by atoms with Gasteiger partial charge in [-0.3, -0.25) is 0 Å². The van der Waals surface area contributed by atoms with Crippen LogP contribution in [0.25, 0.3) is 16.7 Å². The third-order valence-corrected chi connectivity index (χ3v) is 3.08. The van der Waals surface area contributed by atoms with Crippen molar-refractivity contribution in [1.29, 1.82) is 0 Å². The Hall–Kier alpha value is -2.55. The zero-order valence-corrected chi connectivity index (χ0v) is 11.5. The summed E-state index contributed by atoms with van der Waals surface area (Å²) < 4.78 is 5.21. The Bertz CT molecular complexity index is 640. The van der Waals surface area contributed by atoms with E-state index in [1.54, 1.807) is 14.0 Å². The van der Waals surface area contributed by atoms with Crippen LogP contribution < -0.4 is 4.74 Å². The summed E-state index contributed by atoms with van der Waals surface area (Å²) in [5, 5.41) is 8.75. The summed E-state index contributed by atoms with van der Waals surface area (Å²) in [5.41, 5.74) is 3.76. The maximum atomic E-state index is 10.7. The predicted octanol–water partition coefficient (Wildman–Crippen LogP) is 3.85. The molecule has 0 saturated heterocycles. The molecule has 0 fully saturated rings. The van der Waals surface area contributed by atoms with E-state index in [9.17, 15) is 4.79 Å². The van der Waals surface area contributed by atoms with Crippen molar-refractivity contribution in [3.8, 4) is 16.9 Å². The first kappa shape index (κ1) is 13.9. The van der Waals surface area contributed by atoms with Gasteiger partial charge < -0.3 is 9.84 Å². The van der Waals surface area contributed by atoms with Crippen LogP contribution in [0.3, 0.4) is 0 Å². The minimum absolute atomic E-state index is 0.731. The van der Waals surface area contributed by atoms with Gasteiger partial charge in [-0.2, -0.15) is 0 Å². The van der Waals surface area contributed by atoms with E-state index in [1.807, 2.05) is 48.5 Å². The largest absolute Gasteiger partial charge is 0.497 e. The van der Waals surface area contributed by atoms with Gasteiger partial charge in [-0.1, -0.05) is 36.4 Å². The summed E-state index contributed by atoms with van der Waals surface area (Å²) in [6, 6.07) is 15.6. The molecule has 3 heteroatoms. The van der Waals surface area contributed by atoms with Gasteiger partial charge in [0.15, 0.2) is 0 Å². The highest BCUT2D eigenvalue weighted by molar-refractivity contribution is 5.89. The van der Waals surface area contributed by atoms with Crippen LogP contribution in [0, 0.1) is 0 Å². The first-order valence-electron chi connectivity index (χ1n) is 6.26. The van der Waals surface area contributed by atoms with Crippen LogP contribution in [0.4, 0.5) is 0 Å². The molecule has 3 nitrogen and oxygen atoms in total. The number of methoxy groups -OCH3 is 1. The fourth-order valence-corrected chi connectivity index (χ4v) is 2.00. The van der Waals surface area contributed by atoms with Gasteiger partial charge in [-0.15, -0.1) is 0 Å². The standard InChI is InChI=1S/C17H16O3/c1-12(10-17(18)19)13-6-8-14(9-7-13)15-4-3-5-16(11-15)20-2/h3-11H,1-2H3,(H,18,19). The molecule has 0 aliphatic heterocycles. The highest BCUT2D eigenvalue weighted by Gasteiger charge is 2.02. The van der Waals surface area contributed by atoms with E-state index >= 15 is 0 Å². The Balaban J connectivity index is 2.30. The summed E-state index contributed by atoms with van der Waals surface area (Å²) in [5.74, 6) is -0.118. The first-order chi connectivity index (χ1) is 9.60. The summed E-state index contributed by atoms with van der Waals surface area (Å²) in [6.07, 6.45) is 1.21. The number of ether oxygens (including phenoxy) is 1. The molecule has 0 aliphatic rings. The van der Waals surface area contributed by atoms with E-state index in [-0.39, 0.29) is 0 Å². The third kappa shape index (κ3) is 3.26. The molecule has 0 aliphatic carbocycles. The number of carboxylic acid groups (broad SMARTS) is 1. The van der Waals surface area contributed by atoms with Gasteiger partial charge in [-0.05, 0) is 41.3 Å². The summed E-state index contributed by atoms with van der Waals surface area (Å²) in [6.45, 7) is 1.79. The first-order valence-corrected chi connectivity index (χ1v) is 6.26. The lowest BCUT2D eigenvalue weighted by molar-refractivity contribution is -0.131. The Morgan fingerprint density at radius 2 is 1.80 bits per heavy atom. The summed E-state index contributed by atoms with van der Waals surface area (Å²) in [4.78, 5) is 10.7. The van der Waals surface area contributed by atoms with E-state index in [0.717, 1.165) is 28.0 Å². The quantitative estimate of drug-likeness (QED) is 0.857. The van der Waals surface area contributed by atoms with Gasteiger partial charge >= 0.3 is 5.97 Å². The second kappa shape index (κ2) is 6.06. The van der Waals surface area contributed by atoms with Gasteiger partial charge in [0.2, 0.25) is 0 Å². The lowest BCUT2D eigenvalue weighted by atomic mass is 10.0. The van der Waals surface area contributed by atoms with Crippen LogP contribution in [0.2, 0.25) is 0 Å². The second-order valence-corrected chi connectivity index (χ2v) is 4.47. The molecule has 20 heavy (non-hydrogen) atoms. The average molecular weight is 268 g/mol. The molecule has 2 aromatic rings. The number of hydrogen-bond acceptors (Lipinski definition) is 2. The number of benzene rings is 2. The molecule has 0 amide bonds. The molecular weight excluding hydrogens is 252 g/mol. The molecule has 2 rings (SSSR count). The molecular formula is C17H16O3. The van der Waals surface area contributed by atoms with E-state index in [4.69, 9.17) is 9.84 Å². The van der Waals surface area contributed by atoms with Crippen LogP contribution in [0.1, 0.15) is 12.5 Å². The van der Waals surface area contributed by atoms with Crippen molar-refractivity contribution in [1.82, 2.24) is 0 Å². The molecule has 0 spiro atoms. The molecule has 0 saturated carbocycles. The SMILES string of the molecule is COc1cccc(-c2ccc(C(C)=CC(=O)O)cc2)c1. The third-order valence-electron chi connectivity index (χ3n) is 3.08. The maximum absolute atomic E-state index is 10.7. The number of allylic oxidation sites excluding steroid dienone is 1. The van der Waals surface area contributed by atoms with Crippen LogP contribution in [-0.2, 0) is 4.79 Å². The molecule has 0 heterocycles. The normalized spacial score (nSPS) is 11.2. The summed E-state index contributed by atoms with van der Waals surface area (Å²) >= 11 is 0. The zero-order valence-electron chi connectivity index (χ0n) is 11.5. The van der Waals surface area contributed by atoms with Crippen molar-refractivity contribution < 1.29 is 14.6 Å². The molecule has 0 bridgehead atoms. The molecule has 0 unspecified atom stereocenters. The monoisotopic (exact) mass is 268 g/mol. The molecule has 0 aromatic heterocycles. The fraction of sp³-hybridized carbons (Fsp3) is 0.118. The molecule has 2 aromatic carbocycles. The number of carbonyl (C=O) groups is 1. The Morgan fingerprint density at radius 3 is 2.40 bits per heavy atom. The smallest absolute Gasteiger partial charge is 0.328 e. The second-order valence-electron chi connectivity index (χ2n) is 4.47. The van der Waals surface area contributed by atoms with Crippen LogP contribution in [0.15, 0.2) is 54.6 Å². The van der Waals surface area contributed by atoms with Gasteiger partial charge in [0.05, 0.1) is 7.11 Å².